The van der Waals surface area contributed by atoms with Crippen LogP contribution in [-0.2, 0) is 4.79 Å². The second-order valence-corrected chi connectivity index (χ2v) is 14.0. The molecular weight excluding hydrogens is 682 g/mol. The van der Waals surface area contributed by atoms with E-state index in [1.807, 2.05) is 55.3 Å². The summed E-state index contributed by atoms with van der Waals surface area (Å²) in [5, 5.41) is 32.6. The van der Waals surface area contributed by atoms with E-state index in [2.05, 4.69) is 51.8 Å². The molecule has 3 amide bonds. The summed E-state index contributed by atoms with van der Waals surface area (Å²) < 4.78 is 4.83. The van der Waals surface area contributed by atoms with Gasteiger partial charge in [-0.1, -0.05) is 77.4 Å². The quantitative estimate of drug-likeness (QED) is 0.136. The number of aryl methyl sites for hydroxylation is 1. The van der Waals surface area contributed by atoms with Crippen molar-refractivity contribution in [2.75, 3.05) is 38.5 Å². The Balaban J connectivity index is 0.000000287. The Morgan fingerprint density at radius 1 is 0.944 bits per heavy atom. The molecule has 3 atom stereocenters. The molecule has 1 radical (unpaired) electrons. The molecule has 1 aliphatic rings. The van der Waals surface area contributed by atoms with Gasteiger partial charge in [-0.3, -0.25) is 14.4 Å². The highest BCUT2D eigenvalue weighted by Gasteiger charge is 2.30. The molecule has 1 heterocycles. The molecular formula is C41H59B2N4O7. The summed E-state index contributed by atoms with van der Waals surface area (Å²) in [5.41, 5.74) is 4.58. The second kappa shape index (κ2) is 24.0. The molecule has 13 heteroatoms. The minimum Gasteiger partial charge on any atom is -0.537 e. The topological polar surface area (TPSA) is 152 Å². The summed E-state index contributed by atoms with van der Waals surface area (Å²) in [6.07, 6.45) is 3.05. The number of carbonyl (C=O) groups is 3. The Kier molecular flexibility index (Phi) is 20.2. The molecule has 1 fully saturated rings. The largest absolute Gasteiger partial charge is 0.569 e. The first-order valence-corrected chi connectivity index (χ1v) is 18.7. The van der Waals surface area contributed by atoms with E-state index in [1.165, 1.54) is 5.56 Å². The van der Waals surface area contributed by atoms with Gasteiger partial charge in [-0.05, 0) is 91.5 Å². The maximum absolute atomic E-state index is 12.2. The van der Waals surface area contributed by atoms with E-state index in [-0.39, 0.29) is 17.7 Å². The summed E-state index contributed by atoms with van der Waals surface area (Å²) in [7, 11) is 0.992. The van der Waals surface area contributed by atoms with Crippen LogP contribution in [0.4, 0.5) is 5.69 Å². The fourth-order valence-electron chi connectivity index (χ4n) is 5.36. The van der Waals surface area contributed by atoms with Crippen molar-refractivity contribution in [1.29, 1.82) is 0 Å². The maximum Gasteiger partial charge on any atom is 0.569 e. The first kappa shape index (κ1) is 45.6. The minimum absolute atomic E-state index is 0.0187. The minimum atomic E-state index is -1.49. The Bertz CT molecular complexity index is 1580. The third-order valence-electron chi connectivity index (χ3n) is 9.30. The molecule has 3 unspecified atom stereocenters. The van der Waals surface area contributed by atoms with Gasteiger partial charge in [-0.2, -0.15) is 0 Å². The summed E-state index contributed by atoms with van der Waals surface area (Å²) in [5.74, 6) is 2.28. The van der Waals surface area contributed by atoms with Crippen LogP contribution in [0.15, 0.2) is 85.1 Å². The summed E-state index contributed by atoms with van der Waals surface area (Å²) in [6.45, 7) is 19.7. The zero-order valence-electron chi connectivity index (χ0n) is 33.0. The van der Waals surface area contributed by atoms with Crippen LogP contribution in [0, 0.1) is 24.7 Å². The zero-order chi connectivity index (χ0) is 40.2. The fraction of sp³-hybridized carbons (Fsp3) is 0.439. The van der Waals surface area contributed by atoms with Crippen molar-refractivity contribution >= 4 is 43.7 Å². The Morgan fingerprint density at radius 2 is 1.52 bits per heavy atom. The van der Waals surface area contributed by atoms with E-state index in [0.717, 1.165) is 56.0 Å². The number of carbonyl (C=O) groups excluding carboxylic acids is 3. The lowest BCUT2D eigenvalue weighted by Crippen LogP contribution is -2.31. The first-order valence-electron chi connectivity index (χ1n) is 18.7. The first-order chi connectivity index (χ1) is 25.7. The molecule has 1 saturated heterocycles. The van der Waals surface area contributed by atoms with Crippen LogP contribution < -0.4 is 20.8 Å². The van der Waals surface area contributed by atoms with Crippen molar-refractivity contribution in [3.63, 3.8) is 0 Å². The highest BCUT2D eigenvalue weighted by molar-refractivity contribution is 6.58. The monoisotopic (exact) mass is 741 g/mol. The van der Waals surface area contributed by atoms with Gasteiger partial charge in [0.15, 0.2) is 0 Å². The number of amides is 3. The molecule has 11 nitrogen and oxygen atoms in total. The van der Waals surface area contributed by atoms with Gasteiger partial charge in [0.05, 0.1) is 0 Å². The second-order valence-electron chi connectivity index (χ2n) is 14.0. The number of hydrogen-bond donors (Lipinski definition) is 5. The number of allylic oxidation sites excluding steroid dienone is 1. The number of likely N-dealkylation sites (tertiary alicyclic amines) is 1. The van der Waals surface area contributed by atoms with Crippen molar-refractivity contribution < 1.29 is 34.1 Å². The predicted molar refractivity (Wildman–Crippen MR) is 218 cm³/mol. The third-order valence-corrected chi connectivity index (χ3v) is 9.30. The molecule has 291 valence electrons. The molecule has 5 N–H and O–H groups in total. The van der Waals surface area contributed by atoms with E-state index >= 15 is 0 Å². The molecule has 1 aliphatic heterocycles. The average molecular weight is 742 g/mol. The lowest BCUT2D eigenvalue weighted by atomic mass is 9.80. The molecule has 0 aliphatic carbocycles. The van der Waals surface area contributed by atoms with Gasteiger partial charge in [-0.15, -0.1) is 0 Å². The van der Waals surface area contributed by atoms with E-state index < -0.39 is 7.12 Å². The van der Waals surface area contributed by atoms with Crippen molar-refractivity contribution in [1.82, 2.24) is 15.1 Å². The van der Waals surface area contributed by atoms with Crippen molar-refractivity contribution in [3.05, 3.63) is 102 Å². The third kappa shape index (κ3) is 16.2. The SMILES string of the molecule is C=C(CCC(=O)NCC(C)CC)Nc1ccc(O[B]O)cc1.CC1CN(C(=O)c2ccc(B(O)O)cc2)CC1C.CCCN(C)C(=O)c1ccc(C)cc1. The Labute approximate surface area is 323 Å². The van der Waals surface area contributed by atoms with Crippen LogP contribution in [0.3, 0.4) is 0 Å². The predicted octanol–water partition coefficient (Wildman–Crippen LogP) is 5.03. The van der Waals surface area contributed by atoms with Crippen LogP contribution in [-0.4, -0.2) is 90.6 Å². The normalized spacial score (nSPS) is 15.0. The highest BCUT2D eigenvalue weighted by atomic mass is 16.5. The van der Waals surface area contributed by atoms with E-state index in [4.69, 9.17) is 19.7 Å². The molecule has 0 bridgehead atoms. The van der Waals surface area contributed by atoms with Crippen LogP contribution in [0.2, 0.25) is 0 Å². The number of nitrogens with zero attached hydrogens (tertiary/aromatic N) is 2. The standard InChI is InChI=1S/C16H24BN2O3.C13H18BNO3.C12H17NO/c1-4-12(2)11-18-16(20)10-5-13(3)19-14-6-8-15(9-7-14)22-17-21;1-9-7-15(8-10(9)2)13(16)11-3-5-12(6-4-11)14(17)18;1-4-9-13(3)12(14)11-7-5-10(2)6-8-11/h6-9,12,19,21H,3-5,10-11H2,1-2H3,(H,18,20);3-6,9-10,17-18H,7-8H2,1-2H3;5-8H,4,9H2,1-3H3. The van der Waals surface area contributed by atoms with E-state index in [9.17, 15) is 14.4 Å². The van der Waals surface area contributed by atoms with Gasteiger partial charge in [-0.25, -0.2) is 0 Å². The molecule has 54 heavy (non-hydrogen) atoms. The van der Waals surface area contributed by atoms with E-state index in [1.54, 1.807) is 41.3 Å². The molecule has 4 rings (SSSR count). The average Bonchev–Trinajstić information content (AvgIpc) is 3.51. The lowest BCUT2D eigenvalue weighted by Gasteiger charge is -2.16. The summed E-state index contributed by atoms with van der Waals surface area (Å²) in [6, 6.07) is 21.2. The number of hydrogen-bond acceptors (Lipinski definition) is 8. The van der Waals surface area contributed by atoms with E-state index in [0.29, 0.717) is 55.1 Å². The van der Waals surface area contributed by atoms with Crippen molar-refractivity contribution in [2.45, 2.75) is 67.2 Å². The summed E-state index contributed by atoms with van der Waals surface area (Å²) in [4.78, 5) is 39.3. The van der Waals surface area contributed by atoms with Gasteiger partial charge >= 0.3 is 14.8 Å². The lowest BCUT2D eigenvalue weighted by molar-refractivity contribution is -0.121. The van der Waals surface area contributed by atoms with Gasteiger partial charge < -0.3 is 40.2 Å². The molecule has 0 saturated carbocycles. The van der Waals surface area contributed by atoms with Gasteiger partial charge in [0, 0.05) is 62.2 Å². The summed E-state index contributed by atoms with van der Waals surface area (Å²) >= 11 is 0. The van der Waals surface area contributed by atoms with Gasteiger partial charge in [0.2, 0.25) is 5.91 Å². The van der Waals surface area contributed by atoms with Gasteiger partial charge in [0.1, 0.15) is 5.75 Å². The smallest absolute Gasteiger partial charge is 0.537 e. The van der Waals surface area contributed by atoms with Crippen LogP contribution in [0.25, 0.3) is 0 Å². The van der Waals surface area contributed by atoms with Crippen LogP contribution in [0.5, 0.6) is 5.75 Å². The Morgan fingerprint density at radius 3 is 2.04 bits per heavy atom. The Hall–Kier alpha value is -4.58. The zero-order valence-corrected chi connectivity index (χ0v) is 33.0. The maximum atomic E-state index is 12.2. The van der Waals surface area contributed by atoms with Crippen LogP contribution >= 0.6 is 0 Å². The molecule has 0 aromatic heterocycles. The number of nitrogens with one attached hydrogen (secondary N) is 2. The number of rotatable bonds is 15. The fourth-order valence-corrected chi connectivity index (χ4v) is 5.36. The molecule has 3 aromatic rings. The molecule has 3 aromatic carbocycles. The van der Waals surface area contributed by atoms with Crippen LogP contribution in [0.1, 0.15) is 86.6 Å². The highest BCUT2D eigenvalue weighted by Crippen LogP contribution is 2.23. The van der Waals surface area contributed by atoms with Crippen molar-refractivity contribution in [3.8, 4) is 5.75 Å². The molecule has 0 spiro atoms. The van der Waals surface area contributed by atoms with Crippen molar-refractivity contribution in [2.24, 2.45) is 17.8 Å². The van der Waals surface area contributed by atoms with Gasteiger partial charge in [0.25, 0.3) is 11.8 Å². The number of anilines is 1. The number of benzene rings is 3.